The highest BCUT2D eigenvalue weighted by atomic mass is 14.1. The Morgan fingerprint density at radius 1 is 0.636 bits per heavy atom. The maximum absolute atomic E-state index is 2.32. The van der Waals surface area contributed by atoms with Crippen LogP contribution in [-0.4, -0.2) is 0 Å². The molecule has 0 amide bonds. The summed E-state index contributed by atoms with van der Waals surface area (Å²) in [4.78, 5) is 0. The third-order valence-electron chi connectivity index (χ3n) is 3.93. The molecule has 0 aromatic heterocycles. The molecule has 0 saturated carbocycles. The quantitative estimate of drug-likeness (QED) is 0.492. The maximum Gasteiger partial charge on any atom is -0.00930 e. The summed E-state index contributed by atoms with van der Waals surface area (Å²) >= 11 is 0. The van der Waals surface area contributed by atoms with Crippen molar-refractivity contribution >= 4 is 0 Å². The number of benzene rings is 3. The van der Waals surface area contributed by atoms with Crippen LogP contribution in [0.4, 0.5) is 0 Å². The summed E-state index contributed by atoms with van der Waals surface area (Å²) in [6.07, 6.45) is 5.74. The van der Waals surface area contributed by atoms with Crippen LogP contribution in [0.3, 0.4) is 0 Å². The monoisotopic (exact) mass is 285 g/mol. The van der Waals surface area contributed by atoms with Gasteiger partial charge in [0.05, 0.1) is 0 Å². The van der Waals surface area contributed by atoms with Gasteiger partial charge < -0.3 is 0 Å². The average molecular weight is 285 g/mol. The summed E-state index contributed by atoms with van der Waals surface area (Å²) in [5, 5.41) is 0. The first kappa shape index (κ1) is 14.6. The molecule has 3 rings (SSSR count). The molecule has 0 fully saturated rings. The largest absolute Gasteiger partial charge is 0.0622 e. The van der Waals surface area contributed by atoms with Crippen LogP contribution in [0.1, 0.15) is 24.0 Å². The van der Waals surface area contributed by atoms with Gasteiger partial charge in [0.15, 0.2) is 0 Å². The van der Waals surface area contributed by atoms with E-state index in [4.69, 9.17) is 0 Å². The van der Waals surface area contributed by atoms with Crippen LogP contribution in [-0.2, 0) is 6.42 Å². The Hall–Kier alpha value is -2.34. The van der Waals surface area contributed by atoms with Crippen LogP contribution in [0, 0.1) is 6.42 Å². The number of hydrogen-bond acceptors (Lipinski definition) is 0. The molecule has 0 atom stereocenters. The van der Waals surface area contributed by atoms with E-state index in [9.17, 15) is 0 Å². The summed E-state index contributed by atoms with van der Waals surface area (Å²) in [6.45, 7) is 0. The van der Waals surface area contributed by atoms with Crippen molar-refractivity contribution in [3.8, 4) is 11.1 Å². The molecule has 0 saturated heterocycles. The number of rotatable bonds is 6. The first-order chi connectivity index (χ1) is 10.9. The molecule has 0 bridgehead atoms. The summed E-state index contributed by atoms with van der Waals surface area (Å²) in [5.41, 5.74) is 5.43. The van der Waals surface area contributed by atoms with Crippen molar-refractivity contribution < 1.29 is 0 Å². The van der Waals surface area contributed by atoms with Gasteiger partial charge in [-0.15, -0.1) is 0 Å². The van der Waals surface area contributed by atoms with E-state index in [0.717, 1.165) is 12.8 Å². The third-order valence-corrected chi connectivity index (χ3v) is 3.93. The van der Waals surface area contributed by atoms with Crippen LogP contribution in [0.2, 0.25) is 0 Å². The predicted octanol–water partition coefficient (Wildman–Crippen LogP) is 5.93. The Bertz CT molecular complexity index is 683. The van der Waals surface area contributed by atoms with Gasteiger partial charge in [0.1, 0.15) is 0 Å². The van der Waals surface area contributed by atoms with Gasteiger partial charge >= 0.3 is 0 Å². The fourth-order valence-electron chi connectivity index (χ4n) is 2.79. The molecule has 0 aliphatic rings. The predicted molar refractivity (Wildman–Crippen MR) is 94.7 cm³/mol. The minimum Gasteiger partial charge on any atom is -0.0622 e. The SMILES string of the molecule is [CH](CCCc1ccccc1-c1ccccc1)c1ccccc1. The molecule has 0 spiro atoms. The van der Waals surface area contributed by atoms with E-state index in [0.29, 0.717) is 0 Å². The van der Waals surface area contributed by atoms with Crippen LogP contribution in [0.25, 0.3) is 11.1 Å². The van der Waals surface area contributed by atoms with Gasteiger partial charge in [-0.05, 0) is 47.9 Å². The molecule has 0 unspecified atom stereocenters. The van der Waals surface area contributed by atoms with Gasteiger partial charge in [0, 0.05) is 0 Å². The molecule has 0 heterocycles. The van der Waals surface area contributed by atoms with Crippen molar-refractivity contribution in [3.05, 3.63) is 102 Å². The summed E-state index contributed by atoms with van der Waals surface area (Å²) in [7, 11) is 0. The normalized spacial score (nSPS) is 10.5. The lowest BCUT2D eigenvalue weighted by Crippen LogP contribution is -1.91. The summed E-state index contributed by atoms with van der Waals surface area (Å²) in [6, 6.07) is 30.0. The highest BCUT2D eigenvalue weighted by molar-refractivity contribution is 5.67. The van der Waals surface area contributed by atoms with Crippen LogP contribution in [0.5, 0.6) is 0 Å². The van der Waals surface area contributed by atoms with E-state index in [2.05, 4.69) is 91.3 Å². The lowest BCUT2D eigenvalue weighted by molar-refractivity contribution is 0.817. The summed E-state index contributed by atoms with van der Waals surface area (Å²) < 4.78 is 0. The third kappa shape index (κ3) is 3.85. The standard InChI is InChI=1S/C22H21/c1-3-11-19(12-4-1)13-7-8-16-21-17-9-10-18-22(21)20-14-5-2-6-15-20/h1-6,9-15,17-18H,7-8,16H2. The van der Waals surface area contributed by atoms with Crippen molar-refractivity contribution in [1.29, 1.82) is 0 Å². The second kappa shape index (κ2) is 7.61. The van der Waals surface area contributed by atoms with E-state index in [1.165, 1.54) is 28.7 Å². The minimum absolute atomic E-state index is 1.12. The highest BCUT2D eigenvalue weighted by Gasteiger charge is 2.04. The van der Waals surface area contributed by atoms with E-state index < -0.39 is 0 Å². The van der Waals surface area contributed by atoms with Crippen LogP contribution >= 0.6 is 0 Å². The Labute approximate surface area is 133 Å². The fraction of sp³-hybridized carbons (Fsp3) is 0.136. The number of unbranched alkanes of at least 4 members (excludes halogenated alkanes) is 1. The Morgan fingerprint density at radius 3 is 2.05 bits per heavy atom. The molecule has 22 heavy (non-hydrogen) atoms. The molecular formula is C22H21. The molecule has 1 radical (unpaired) electrons. The zero-order chi connectivity index (χ0) is 15.0. The molecular weight excluding hydrogens is 264 g/mol. The zero-order valence-corrected chi connectivity index (χ0v) is 12.8. The minimum atomic E-state index is 1.12. The van der Waals surface area contributed by atoms with Crippen LogP contribution < -0.4 is 0 Å². The van der Waals surface area contributed by atoms with Gasteiger partial charge in [-0.1, -0.05) is 84.9 Å². The molecule has 0 aliphatic heterocycles. The molecule has 0 nitrogen and oxygen atoms in total. The highest BCUT2D eigenvalue weighted by Crippen LogP contribution is 2.25. The van der Waals surface area contributed by atoms with E-state index >= 15 is 0 Å². The smallest absolute Gasteiger partial charge is 0.00930 e. The average Bonchev–Trinajstić information content (AvgIpc) is 2.61. The number of aryl methyl sites for hydroxylation is 1. The molecule has 3 aromatic carbocycles. The zero-order valence-electron chi connectivity index (χ0n) is 12.8. The van der Waals surface area contributed by atoms with E-state index in [-0.39, 0.29) is 0 Å². The summed E-state index contributed by atoms with van der Waals surface area (Å²) in [5.74, 6) is 0. The van der Waals surface area contributed by atoms with Gasteiger partial charge in [-0.3, -0.25) is 0 Å². The molecule has 0 aliphatic carbocycles. The second-order valence-corrected chi connectivity index (χ2v) is 5.53. The lowest BCUT2D eigenvalue weighted by atomic mass is 9.95. The Kier molecular flexibility index (Phi) is 5.04. The molecule has 109 valence electrons. The molecule has 0 heteroatoms. The topological polar surface area (TPSA) is 0 Å². The van der Waals surface area contributed by atoms with Crippen molar-refractivity contribution in [1.82, 2.24) is 0 Å². The van der Waals surface area contributed by atoms with Crippen LogP contribution in [0.15, 0.2) is 84.9 Å². The van der Waals surface area contributed by atoms with Crippen molar-refractivity contribution in [2.24, 2.45) is 0 Å². The van der Waals surface area contributed by atoms with Gasteiger partial charge in [0.25, 0.3) is 0 Å². The maximum atomic E-state index is 2.32. The molecule has 3 aromatic rings. The van der Waals surface area contributed by atoms with Crippen molar-refractivity contribution in [2.45, 2.75) is 19.3 Å². The molecule has 0 N–H and O–H groups in total. The van der Waals surface area contributed by atoms with E-state index in [1.54, 1.807) is 0 Å². The Balaban J connectivity index is 1.61. The Morgan fingerprint density at radius 2 is 1.27 bits per heavy atom. The number of hydrogen-bond donors (Lipinski definition) is 0. The fourth-order valence-corrected chi connectivity index (χ4v) is 2.79. The first-order valence-corrected chi connectivity index (χ1v) is 7.95. The lowest BCUT2D eigenvalue weighted by Gasteiger charge is -2.09. The van der Waals surface area contributed by atoms with E-state index in [1.807, 2.05) is 0 Å². The van der Waals surface area contributed by atoms with Gasteiger partial charge in [0.2, 0.25) is 0 Å². The van der Waals surface area contributed by atoms with Gasteiger partial charge in [-0.2, -0.15) is 0 Å². The second-order valence-electron chi connectivity index (χ2n) is 5.53. The van der Waals surface area contributed by atoms with Gasteiger partial charge in [-0.25, -0.2) is 0 Å². The first-order valence-electron chi connectivity index (χ1n) is 7.95. The van der Waals surface area contributed by atoms with Crippen molar-refractivity contribution in [3.63, 3.8) is 0 Å². The van der Waals surface area contributed by atoms with Crippen molar-refractivity contribution in [2.75, 3.05) is 0 Å².